The fourth-order valence-corrected chi connectivity index (χ4v) is 2.07. The number of carbonyl (C=O) groups excluding carboxylic acids is 1. The lowest BCUT2D eigenvalue weighted by Gasteiger charge is -2.42. The molecule has 0 aromatic rings. The van der Waals surface area contributed by atoms with Crippen molar-refractivity contribution in [2.24, 2.45) is 0 Å². The van der Waals surface area contributed by atoms with Gasteiger partial charge in [0.05, 0.1) is 26.4 Å². The summed E-state index contributed by atoms with van der Waals surface area (Å²) in [5.74, 6) is 0.0298. The van der Waals surface area contributed by atoms with Gasteiger partial charge in [-0.2, -0.15) is 0 Å². The van der Waals surface area contributed by atoms with Crippen molar-refractivity contribution in [3.05, 3.63) is 0 Å². The quantitative estimate of drug-likeness (QED) is 0.619. The topological polar surface area (TPSA) is 62.8 Å². The normalized spacial score (nSPS) is 17.5. The molecule has 128 valence electrons. The molecule has 6 nitrogen and oxygen atoms in total. The maximum atomic E-state index is 11.6. The van der Waals surface area contributed by atoms with Crippen LogP contribution < -0.4 is 10.6 Å². The van der Waals surface area contributed by atoms with E-state index >= 15 is 0 Å². The first-order valence-electron chi connectivity index (χ1n) is 6.85. The number of hydrogen-bond acceptors (Lipinski definition) is 5. The molecule has 0 aliphatic carbocycles. The van der Waals surface area contributed by atoms with Crippen molar-refractivity contribution in [1.82, 2.24) is 15.5 Å². The summed E-state index contributed by atoms with van der Waals surface area (Å²) in [6.07, 6.45) is 0. The average molecular weight is 346 g/mol. The van der Waals surface area contributed by atoms with E-state index in [9.17, 15) is 4.79 Å². The zero-order valence-corrected chi connectivity index (χ0v) is 14.8. The van der Waals surface area contributed by atoms with E-state index < -0.39 is 0 Å². The molecule has 21 heavy (non-hydrogen) atoms. The van der Waals surface area contributed by atoms with E-state index in [0.717, 1.165) is 26.3 Å². The Hall–Kier alpha value is -0.110. The van der Waals surface area contributed by atoms with Crippen LogP contribution >= 0.6 is 24.8 Å². The maximum Gasteiger partial charge on any atom is 0.234 e. The van der Waals surface area contributed by atoms with Crippen LogP contribution in [-0.2, 0) is 14.3 Å². The Morgan fingerprint density at radius 1 is 1.33 bits per heavy atom. The highest BCUT2D eigenvalue weighted by atomic mass is 35.5. The molecule has 0 atom stereocenters. The summed E-state index contributed by atoms with van der Waals surface area (Å²) in [6.45, 7) is 9.98. The van der Waals surface area contributed by atoms with Gasteiger partial charge in [-0.3, -0.25) is 9.69 Å². The monoisotopic (exact) mass is 345 g/mol. The van der Waals surface area contributed by atoms with E-state index in [4.69, 9.17) is 9.47 Å². The number of ether oxygens (including phenoxy) is 2. The molecule has 1 rings (SSSR count). The summed E-state index contributed by atoms with van der Waals surface area (Å²) in [6, 6.07) is 0. The average Bonchev–Trinajstić information content (AvgIpc) is 2.36. The van der Waals surface area contributed by atoms with Crippen molar-refractivity contribution >= 4 is 30.7 Å². The van der Waals surface area contributed by atoms with E-state index in [2.05, 4.69) is 29.4 Å². The van der Waals surface area contributed by atoms with Crippen LogP contribution in [0.15, 0.2) is 0 Å². The first-order chi connectivity index (χ1) is 9.06. The number of rotatable bonds is 8. The number of halogens is 2. The summed E-state index contributed by atoms with van der Waals surface area (Å²) in [7, 11) is 1.64. The minimum Gasteiger partial charge on any atom is -0.383 e. The van der Waals surface area contributed by atoms with Crippen LogP contribution in [0.4, 0.5) is 0 Å². The van der Waals surface area contributed by atoms with Crippen molar-refractivity contribution in [1.29, 1.82) is 0 Å². The molecule has 0 unspecified atom stereocenters. The van der Waals surface area contributed by atoms with Crippen molar-refractivity contribution in [2.45, 2.75) is 19.4 Å². The van der Waals surface area contributed by atoms with Crippen LogP contribution in [-0.4, -0.2) is 76.0 Å². The molecule has 1 amide bonds. The van der Waals surface area contributed by atoms with Gasteiger partial charge in [-0.25, -0.2) is 0 Å². The van der Waals surface area contributed by atoms with Crippen LogP contribution in [0.25, 0.3) is 0 Å². The molecular formula is C13H29Cl2N3O3. The molecule has 0 aromatic heterocycles. The minimum absolute atomic E-state index is 0. The molecule has 2 N–H and O–H groups in total. The van der Waals surface area contributed by atoms with E-state index in [1.54, 1.807) is 7.11 Å². The number of nitrogens with one attached hydrogen (secondary N) is 2. The predicted molar refractivity (Wildman–Crippen MR) is 88.7 cm³/mol. The van der Waals surface area contributed by atoms with Gasteiger partial charge in [0.15, 0.2) is 0 Å². The molecule has 0 radical (unpaired) electrons. The first-order valence-corrected chi connectivity index (χ1v) is 6.85. The largest absolute Gasteiger partial charge is 0.383 e. The number of carbonyl (C=O) groups is 1. The Morgan fingerprint density at radius 3 is 2.67 bits per heavy atom. The van der Waals surface area contributed by atoms with Gasteiger partial charge in [0, 0.05) is 38.8 Å². The zero-order chi connectivity index (χ0) is 14.1. The molecule has 1 aliphatic heterocycles. The van der Waals surface area contributed by atoms with E-state index in [1.165, 1.54) is 0 Å². The van der Waals surface area contributed by atoms with Crippen molar-refractivity contribution < 1.29 is 14.3 Å². The van der Waals surface area contributed by atoms with Crippen LogP contribution in [0.2, 0.25) is 0 Å². The summed E-state index contributed by atoms with van der Waals surface area (Å²) in [5, 5.41) is 5.94. The van der Waals surface area contributed by atoms with Crippen LogP contribution in [0.5, 0.6) is 0 Å². The highest BCUT2D eigenvalue weighted by Gasteiger charge is 2.29. The van der Waals surface area contributed by atoms with Gasteiger partial charge in [-0.1, -0.05) is 0 Å². The molecule has 8 heteroatoms. The third-order valence-corrected chi connectivity index (χ3v) is 3.29. The molecule has 1 saturated heterocycles. The summed E-state index contributed by atoms with van der Waals surface area (Å²) >= 11 is 0. The standard InChI is InChI=1S/C13H27N3O3.2ClH/c1-13(2)11-19-9-7-16(13)6-4-15-12(17)10-14-5-8-18-3;;/h14H,4-11H2,1-3H3,(H,15,17);2*1H. The lowest BCUT2D eigenvalue weighted by molar-refractivity contribution is -0.120. The third-order valence-electron chi connectivity index (χ3n) is 3.29. The fraction of sp³-hybridized carbons (Fsp3) is 0.923. The second-order valence-corrected chi connectivity index (χ2v) is 5.37. The Kier molecular flexibility index (Phi) is 13.7. The van der Waals surface area contributed by atoms with Gasteiger partial charge >= 0.3 is 0 Å². The highest BCUT2D eigenvalue weighted by molar-refractivity contribution is 5.85. The van der Waals surface area contributed by atoms with E-state index in [1.807, 2.05) is 0 Å². The van der Waals surface area contributed by atoms with Gasteiger partial charge in [0.25, 0.3) is 0 Å². The molecule has 0 aromatic carbocycles. The van der Waals surface area contributed by atoms with Crippen LogP contribution in [0, 0.1) is 0 Å². The molecule has 1 fully saturated rings. The number of methoxy groups -OCH3 is 1. The van der Waals surface area contributed by atoms with Gasteiger partial charge in [-0.15, -0.1) is 24.8 Å². The fourth-order valence-electron chi connectivity index (χ4n) is 2.07. The Bertz CT molecular complexity index is 281. The lowest BCUT2D eigenvalue weighted by atomic mass is 10.0. The molecule has 0 bridgehead atoms. The predicted octanol–water partition coefficient (Wildman–Crippen LogP) is 0.293. The van der Waals surface area contributed by atoms with E-state index in [0.29, 0.717) is 26.2 Å². The lowest BCUT2D eigenvalue weighted by Crippen LogP contribution is -2.55. The van der Waals surface area contributed by atoms with Gasteiger partial charge in [-0.05, 0) is 13.8 Å². The highest BCUT2D eigenvalue weighted by Crippen LogP contribution is 2.17. The molecule has 0 spiro atoms. The molecule has 0 saturated carbocycles. The number of nitrogens with zero attached hydrogens (tertiary/aromatic N) is 1. The summed E-state index contributed by atoms with van der Waals surface area (Å²) in [5.41, 5.74) is 0.0553. The van der Waals surface area contributed by atoms with Gasteiger partial charge in [0.2, 0.25) is 5.91 Å². The zero-order valence-electron chi connectivity index (χ0n) is 13.1. The molecule has 1 aliphatic rings. The second-order valence-electron chi connectivity index (χ2n) is 5.37. The Labute approximate surface area is 140 Å². The Balaban J connectivity index is 0. The van der Waals surface area contributed by atoms with Crippen molar-refractivity contribution in [3.8, 4) is 0 Å². The SMILES string of the molecule is COCCNCC(=O)NCCN1CCOCC1(C)C.Cl.Cl. The van der Waals surface area contributed by atoms with Crippen LogP contribution in [0.3, 0.4) is 0 Å². The maximum absolute atomic E-state index is 11.6. The Morgan fingerprint density at radius 2 is 2.05 bits per heavy atom. The minimum atomic E-state index is 0. The van der Waals surface area contributed by atoms with Gasteiger partial charge < -0.3 is 20.1 Å². The van der Waals surface area contributed by atoms with Crippen molar-refractivity contribution in [3.63, 3.8) is 0 Å². The second kappa shape index (κ2) is 12.4. The smallest absolute Gasteiger partial charge is 0.234 e. The van der Waals surface area contributed by atoms with Gasteiger partial charge in [0.1, 0.15) is 0 Å². The van der Waals surface area contributed by atoms with E-state index in [-0.39, 0.29) is 36.3 Å². The molecule has 1 heterocycles. The number of amides is 1. The van der Waals surface area contributed by atoms with Crippen LogP contribution in [0.1, 0.15) is 13.8 Å². The third kappa shape index (κ3) is 9.50. The summed E-state index contributed by atoms with van der Waals surface area (Å²) in [4.78, 5) is 13.9. The number of hydrogen-bond donors (Lipinski definition) is 2. The summed E-state index contributed by atoms with van der Waals surface area (Å²) < 4.78 is 10.4. The molecular weight excluding hydrogens is 317 g/mol. The first kappa shape index (κ1) is 23.2. The number of morpholine rings is 1. The van der Waals surface area contributed by atoms with Crippen molar-refractivity contribution in [2.75, 3.05) is 59.7 Å².